The van der Waals surface area contributed by atoms with Crippen LogP contribution in [0.15, 0.2) is 34.7 Å². The van der Waals surface area contributed by atoms with Gasteiger partial charge >= 0.3 is 0 Å². The summed E-state index contributed by atoms with van der Waals surface area (Å²) >= 11 is 6.90. The molecule has 1 unspecified atom stereocenters. The first-order valence-corrected chi connectivity index (χ1v) is 8.76. The first-order valence-electron chi connectivity index (χ1n) is 7.47. The monoisotopic (exact) mass is 361 g/mol. The average molecular weight is 361 g/mol. The summed E-state index contributed by atoms with van der Waals surface area (Å²) in [5.74, 6) is 1.37. The van der Waals surface area contributed by atoms with Crippen LogP contribution >= 0.6 is 23.6 Å². The Balaban J connectivity index is 1.96. The minimum atomic E-state index is 0.0468. The molecule has 0 saturated heterocycles. The topological polar surface area (TPSA) is 60.1 Å². The number of aryl methyl sites for hydroxylation is 1. The molecule has 5 nitrogen and oxygen atoms in total. The second kappa shape index (κ2) is 6.78. The third kappa shape index (κ3) is 2.97. The predicted molar refractivity (Wildman–Crippen MR) is 101 cm³/mol. The number of nitrogens with zero attached hydrogens (tertiary/aromatic N) is 2. The number of rotatable bonds is 4. The van der Waals surface area contributed by atoms with Crippen LogP contribution in [0, 0.1) is 6.92 Å². The standard InChI is InChI=1S/C17H19N3O2S2/c1-10-6-7-24-16(10)13-9-12(19-20(13)17(18)23)11-4-5-14(21-2)15(8-11)22-3/h4-8,13H,9H2,1-3H3,(H2,18,23). The molecule has 0 aliphatic carbocycles. The summed E-state index contributed by atoms with van der Waals surface area (Å²) in [7, 11) is 3.24. The van der Waals surface area contributed by atoms with Crippen molar-refractivity contribution in [1.29, 1.82) is 0 Å². The highest BCUT2D eigenvalue weighted by atomic mass is 32.1. The molecule has 1 aliphatic rings. The van der Waals surface area contributed by atoms with E-state index in [1.54, 1.807) is 30.6 Å². The predicted octanol–water partition coefficient (Wildman–Crippen LogP) is 3.47. The SMILES string of the molecule is COc1ccc(C2=NN(C(N)=S)C(c3sccc3C)C2)cc1OC. The zero-order valence-corrected chi connectivity index (χ0v) is 15.4. The van der Waals surface area contributed by atoms with Crippen LogP contribution in [0.25, 0.3) is 0 Å². The van der Waals surface area contributed by atoms with Gasteiger partial charge in [-0.25, -0.2) is 5.01 Å². The van der Waals surface area contributed by atoms with Gasteiger partial charge in [-0.2, -0.15) is 5.10 Å². The van der Waals surface area contributed by atoms with E-state index in [0.717, 1.165) is 17.7 Å². The lowest BCUT2D eigenvalue weighted by molar-refractivity contribution is 0.355. The van der Waals surface area contributed by atoms with Gasteiger partial charge in [-0.15, -0.1) is 11.3 Å². The number of benzene rings is 1. The first-order chi connectivity index (χ1) is 11.5. The van der Waals surface area contributed by atoms with Crippen molar-refractivity contribution in [1.82, 2.24) is 5.01 Å². The van der Waals surface area contributed by atoms with Crippen LogP contribution in [-0.2, 0) is 0 Å². The Hall–Kier alpha value is -2.12. The summed E-state index contributed by atoms with van der Waals surface area (Å²) in [6.45, 7) is 2.10. The first kappa shape index (κ1) is 16.7. The zero-order chi connectivity index (χ0) is 17.3. The lowest BCUT2D eigenvalue weighted by Gasteiger charge is -2.21. The highest BCUT2D eigenvalue weighted by Crippen LogP contribution is 2.38. The van der Waals surface area contributed by atoms with E-state index in [1.165, 1.54) is 10.4 Å². The quantitative estimate of drug-likeness (QED) is 0.845. The summed E-state index contributed by atoms with van der Waals surface area (Å²) in [6, 6.07) is 7.93. The Morgan fingerprint density at radius 3 is 2.62 bits per heavy atom. The van der Waals surface area contributed by atoms with Crippen molar-refractivity contribution in [2.75, 3.05) is 14.2 Å². The Kier molecular flexibility index (Phi) is 4.73. The van der Waals surface area contributed by atoms with Crippen LogP contribution in [0.1, 0.15) is 28.5 Å². The maximum atomic E-state index is 5.90. The van der Waals surface area contributed by atoms with E-state index in [1.807, 2.05) is 18.2 Å². The Labute approximate surface area is 150 Å². The number of thiophene rings is 1. The van der Waals surface area contributed by atoms with Gasteiger partial charge in [-0.05, 0) is 54.4 Å². The molecule has 3 rings (SSSR count). The molecule has 0 saturated carbocycles. The van der Waals surface area contributed by atoms with E-state index in [9.17, 15) is 0 Å². The molecule has 7 heteroatoms. The van der Waals surface area contributed by atoms with E-state index in [-0.39, 0.29) is 11.2 Å². The van der Waals surface area contributed by atoms with Crippen molar-refractivity contribution < 1.29 is 9.47 Å². The fourth-order valence-corrected chi connectivity index (χ4v) is 4.01. The molecule has 126 valence electrons. The van der Waals surface area contributed by atoms with Gasteiger partial charge in [0.15, 0.2) is 16.6 Å². The minimum Gasteiger partial charge on any atom is -0.493 e. The molecule has 1 aromatic carbocycles. The molecule has 2 heterocycles. The second-order valence-electron chi connectivity index (χ2n) is 5.49. The molecular formula is C17H19N3O2S2. The smallest absolute Gasteiger partial charge is 0.187 e. The van der Waals surface area contributed by atoms with Gasteiger partial charge in [0, 0.05) is 16.9 Å². The number of nitrogens with two attached hydrogens (primary N) is 1. The molecule has 1 atom stereocenters. The summed E-state index contributed by atoms with van der Waals surface area (Å²) in [5.41, 5.74) is 9.04. The van der Waals surface area contributed by atoms with Gasteiger partial charge in [0.25, 0.3) is 0 Å². The Morgan fingerprint density at radius 1 is 1.29 bits per heavy atom. The molecular weight excluding hydrogens is 342 g/mol. The van der Waals surface area contributed by atoms with E-state index in [0.29, 0.717) is 11.5 Å². The van der Waals surface area contributed by atoms with Gasteiger partial charge in [-0.3, -0.25) is 0 Å². The summed E-state index contributed by atoms with van der Waals surface area (Å²) in [4.78, 5) is 1.24. The molecule has 0 radical (unpaired) electrons. The molecule has 0 fully saturated rings. The van der Waals surface area contributed by atoms with Crippen molar-refractivity contribution in [2.24, 2.45) is 10.8 Å². The van der Waals surface area contributed by atoms with E-state index >= 15 is 0 Å². The largest absolute Gasteiger partial charge is 0.493 e. The van der Waals surface area contributed by atoms with Crippen molar-refractivity contribution in [2.45, 2.75) is 19.4 Å². The number of ether oxygens (including phenoxy) is 2. The summed E-state index contributed by atoms with van der Waals surface area (Å²) in [6.07, 6.45) is 0.744. The lowest BCUT2D eigenvalue weighted by atomic mass is 10.0. The van der Waals surface area contributed by atoms with Gasteiger partial charge in [0.1, 0.15) is 0 Å². The highest BCUT2D eigenvalue weighted by Gasteiger charge is 2.32. The normalized spacial score (nSPS) is 16.9. The number of thiocarbonyl (C=S) groups is 1. The van der Waals surface area contributed by atoms with Crippen molar-refractivity contribution >= 4 is 34.4 Å². The molecule has 0 amide bonds. The van der Waals surface area contributed by atoms with Crippen molar-refractivity contribution in [3.8, 4) is 11.5 Å². The fourth-order valence-electron chi connectivity index (χ4n) is 2.83. The Morgan fingerprint density at radius 2 is 2.04 bits per heavy atom. The Bertz CT molecular complexity index is 801. The van der Waals surface area contributed by atoms with E-state index in [2.05, 4.69) is 23.5 Å². The van der Waals surface area contributed by atoms with E-state index < -0.39 is 0 Å². The van der Waals surface area contributed by atoms with Gasteiger partial charge in [0.2, 0.25) is 0 Å². The number of methoxy groups -OCH3 is 2. The molecule has 0 bridgehead atoms. The zero-order valence-electron chi connectivity index (χ0n) is 13.8. The van der Waals surface area contributed by atoms with Crippen molar-refractivity contribution in [3.63, 3.8) is 0 Å². The number of hydrogen-bond donors (Lipinski definition) is 1. The summed E-state index contributed by atoms with van der Waals surface area (Å²) < 4.78 is 10.7. The fraction of sp³-hybridized carbons (Fsp3) is 0.294. The van der Waals surface area contributed by atoms with Crippen LogP contribution in [-0.4, -0.2) is 30.1 Å². The lowest BCUT2D eigenvalue weighted by Crippen LogP contribution is -2.31. The van der Waals surface area contributed by atoms with Crippen LogP contribution in [0.2, 0.25) is 0 Å². The van der Waals surface area contributed by atoms with E-state index in [4.69, 9.17) is 27.4 Å². The third-order valence-electron chi connectivity index (χ3n) is 4.06. The van der Waals surface area contributed by atoms with Crippen LogP contribution < -0.4 is 15.2 Å². The minimum absolute atomic E-state index is 0.0468. The van der Waals surface area contributed by atoms with Crippen LogP contribution in [0.3, 0.4) is 0 Å². The number of hydrazone groups is 1. The molecule has 24 heavy (non-hydrogen) atoms. The van der Waals surface area contributed by atoms with Crippen LogP contribution in [0.4, 0.5) is 0 Å². The second-order valence-corrected chi connectivity index (χ2v) is 6.85. The molecule has 0 spiro atoms. The maximum Gasteiger partial charge on any atom is 0.187 e. The van der Waals surface area contributed by atoms with Crippen molar-refractivity contribution in [3.05, 3.63) is 45.6 Å². The third-order valence-corrected chi connectivity index (χ3v) is 5.36. The molecule has 2 aromatic rings. The maximum absolute atomic E-state index is 5.90. The number of hydrogen-bond acceptors (Lipinski definition) is 5. The summed E-state index contributed by atoms with van der Waals surface area (Å²) in [5, 5.41) is 8.76. The van der Waals surface area contributed by atoms with Gasteiger partial charge in [-0.1, -0.05) is 0 Å². The molecule has 1 aromatic heterocycles. The van der Waals surface area contributed by atoms with Gasteiger partial charge in [0.05, 0.1) is 26.0 Å². The van der Waals surface area contributed by atoms with Gasteiger partial charge < -0.3 is 15.2 Å². The van der Waals surface area contributed by atoms with Crippen LogP contribution in [0.5, 0.6) is 11.5 Å². The molecule has 1 aliphatic heterocycles. The molecule has 2 N–H and O–H groups in total. The average Bonchev–Trinajstić information content (AvgIpc) is 3.20. The highest BCUT2D eigenvalue weighted by molar-refractivity contribution is 7.80.